The van der Waals surface area contributed by atoms with Gasteiger partial charge in [-0.15, -0.1) is 0 Å². The SMILES string of the molecule is Cc1ccccc1C(CC(=O)O)NC(=O)c1cccc(N2CCCC2=O)c1. The summed E-state index contributed by atoms with van der Waals surface area (Å²) in [6, 6.07) is 13.6. The molecule has 1 aliphatic heterocycles. The molecule has 0 saturated carbocycles. The number of aliphatic carboxylic acids is 1. The molecule has 1 unspecified atom stereocenters. The number of aryl methyl sites for hydroxylation is 1. The lowest BCUT2D eigenvalue weighted by atomic mass is 9.98. The third kappa shape index (κ3) is 4.34. The smallest absolute Gasteiger partial charge is 0.305 e. The molecule has 140 valence electrons. The van der Waals surface area contributed by atoms with E-state index in [0.29, 0.717) is 24.2 Å². The zero-order chi connectivity index (χ0) is 19.4. The van der Waals surface area contributed by atoms with E-state index in [2.05, 4.69) is 5.32 Å². The number of carbonyl (C=O) groups excluding carboxylic acids is 2. The Balaban J connectivity index is 1.82. The lowest BCUT2D eigenvalue weighted by Gasteiger charge is -2.20. The van der Waals surface area contributed by atoms with Crippen LogP contribution in [0, 0.1) is 6.92 Å². The van der Waals surface area contributed by atoms with Crippen molar-refractivity contribution in [2.45, 2.75) is 32.2 Å². The van der Waals surface area contributed by atoms with E-state index in [1.54, 1.807) is 29.2 Å². The summed E-state index contributed by atoms with van der Waals surface area (Å²) in [5.41, 5.74) is 2.78. The van der Waals surface area contributed by atoms with Gasteiger partial charge in [0, 0.05) is 24.2 Å². The van der Waals surface area contributed by atoms with Crippen LogP contribution in [0.15, 0.2) is 48.5 Å². The number of amides is 2. The van der Waals surface area contributed by atoms with Crippen molar-refractivity contribution < 1.29 is 19.5 Å². The molecule has 2 amide bonds. The summed E-state index contributed by atoms with van der Waals surface area (Å²) in [6.45, 7) is 2.53. The van der Waals surface area contributed by atoms with Gasteiger partial charge in [-0.25, -0.2) is 0 Å². The molecule has 6 heteroatoms. The average Bonchev–Trinajstić information content (AvgIpc) is 3.07. The van der Waals surface area contributed by atoms with Gasteiger partial charge >= 0.3 is 5.97 Å². The van der Waals surface area contributed by atoms with E-state index in [9.17, 15) is 19.5 Å². The maximum Gasteiger partial charge on any atom is 0.305 e. The van der Waals surface area contributed by atoms with E-state index in [4.69, 9.17) is 0 Å². The standard InChI is InChI=1S/C21H22N2O4/c1-14-6-2-3-9-17(14)18(13-20(25)26)22-21(27)15-7-4-8-16(12-15)23-11-5-10-19(23)24/h2-4,6-9,12,18H,5,10-11,13H2,1H3,(H,22,27)(H,25,26). The predicted octanol–water partition coefficient (Wildman–Crippen LogP) is 3.07. The van der Waals surface area contributed by atoms with E-state index in [1.165, 1.54) is 0 Å². The lowest BCUT2D eigenvalue weighted by molar-refractivity contribution is -0.137. The number of benzene rings is 2. The first-order chi connectivity index (χ1) is 13.0. The predicted molar refractivity (Wildman–Crippen MR) is 102 cm³/mol. The Bertz CT molecular complexity index is 878. The van der Waals surface area contributed by atoms with Crippen LogP contribution in [0.25, 0.3) is 0 Å². The van der Waals surface area contributed by atoms with Gasteiger partial charge in [0.05, 0.1) is 12.5 Å². The second kappa shape index (κ2) is 8.03. The molecule has 2 aromatic rings. The number of hydrogen-bond acceptors (Lipinski definition) is 3. The molecule has 1 fully saturated rings. The fraction of sp³-hybridized carbons (Fsp3) is 0.286. The molecule has 1 aliphatic rings. The summed E-state index contributed by atoms with van der Waals surface area (Å²) in [7, 11) is 0. The molecular formula is C21H22N2O4. The number of hydrogen-bond donors (Lipinski definition) is 2. The fourth-order valence-corrected chi connectivity index (χ4v) is 3.37. The van der Waals surface area contributed by atoms with E-state index >= 15 is 0 Å². The Kier molecular flexibility index (Phi) is 5.54. The molecule has 1 saturated heterocycles. The number of anilines is 1. The van der Waals surface area contributed by atoms with Crippen LogP contribution in [-0.4, -0.2) is 29.4 Å². The first-order valence-electron chi connectivity index (χ1n) is 8.94. The highest BCUT2D eigenvalue weighted by atomic mass is 16.4. The summed E-state index contributed by atoms with van der Waals surface area (Å²) in [5.74, 6) is -1.30. The Hall–Kier alpha value is -3.15. The quantitative estimate of drug-likeness (QED) is 0.823. The zero-order valence-corrected chi connectivity index (χ0v) is 15.1. The minimum absolute atomic E-state index is 0.0521. The zero-order valence-electron chi connectivity index (χ0n) is 15.1. The normalized spacial score (nSPS) is 14.9. The number of carboxylic acid groups (broad SMARTS) is 1. The van der Waals surface area contributed by atoms with Gasteiger partial charge in [0.15, 0.2) is 0 Å². The fourth-order valence-electron chi connectivity index (χ4n) is 3.37. The molecule has 1 atom stereocenters. The van der Waals surface area contributed by atoms with Crippen molar-refractivity contribution in [1.82, 2.24) is 5.32 Å². The van der Waals surface area contributed by atoms with Crippen LogP contribution in [0.4, 0.5) is 5.69 Å². The highest BCUT2D eigenvalue weighted by molar-refractivity contribution is 5.99. The van der Waals surface area contributed by atoms with Crippen molar-refractivity contribution in [2.75, 3.05) is 11.4 Å². The summed E-state index contributed by atoms with van der Waals surface area (Å²) in [4.78, 5) is 37.7. The molecule has 6 nitrogen and oxygen atoms in total. The van der Waals surface area contributed by atoms with Crippen LogP contribution in [0.2, 0.25) is 0 Å². The Morgan fingerprint density at radius 3 is 2.63 bits per heavy atom. The molecule has 0 radical (unpaired) electrons. The minimum Gasteiger partial charge on any atom is -0.481 e. The summed E-state index contributed by atoms with van der Waals surface area (Å²) >= 11 is 0. The maximum atomic E-state index is 12.8. The van der Waals surface area contributed by atoms with Gasteiger partial charge < -0.3 is 15.3 Å². The van der Waals surface area contributed by atoms with Crippen LogP contribution in [-0.2, 0) is 9.59 Å². The number of carboxylic acids is 1. The van der Waals surface area contributed by atoms with Crippen LogP contribution >= 0.6 is 0 Å². The van der Waals surface area contributed by atoms with Gasteiger partial charge in [0.2, 0.25) is 5.91 Å². The third-order valence-electron chi connectivity index (χ3n) is 4.74. The summed E-state index contributed by atoms with van der Waals surface area (Å²) < 4.78 is 0. The van der Waals surface area contributed by atoms with Gasteiger partial charge in [0.1, 0.15) is 0 Å². The van der Waals surface area contributed by atoms with Gasteiger partial charge in [-0.05, 0) is 42.7 Å². The van der Waals surface area contributed by atoms with Gasteiger partial charge in [-0.3, -0.25) is 14.4 Å². The van der Waals surface area contributed by atoms with Crippen molar-refractivity contribution in [3.8, 4) is 0 Å². The molecule has 0 bridgehead atoms. The lowest BCUT2D eigenvalue weighted by Crippen LogP contribution is -2.31. The van der Waals surface area contributed by atoms with Crippen molar-refractivity contribution in [3.63, 3.8) is 0 Å². The molecule has 2 N–H and O–H groups in total. The van der Waals surface area contributed by atoms with E-state index < -0.39 is 12.0 Å². The number of nitrogens with one attached hydrogen (secondary N) is 1. The molecule has 3 rings (SSSR count). The second-order valence-corrected chi connectivity index (χ2v) is 6.68. The van der Waals surface area contributed by atoms with E-state index in [1.807, 2.05) is 31.2 Å². The van der Waals surface area contributed by atoms with Crippen LogP contribution in [0.3, 0.4) is 0 Å². The van der Waals surface area contributed by atoms with E-state index in [-0.39, 0.29) is 18.2 Å². The van der Waals surface area contributed by atoms with Crippen molar-refractivity contribution in [1.29, 1.82) is 0 Å². The Morgan fingerprint density at radius 2 is 1.96 bits per heavy atom. The highest BCUT2D eigenvalue weighted by Crippen LogP contribution is 2.24. The molecule has 1 heterocycles. The summed E-state index contributed by atoms with van der Waals surface area (Å²) in [5, 5.41) is 12.1. The summed E-state index contributed by atoms with van der Waals surface area (Å²) in [6.07, 6.45) is 1.12. The first-order valence-corrected chi connectivity index (χ1v) is 8.94. The van der Waals surface area contributed by atoms with Gasteiger partial charge in [0.25, 0.3) is 5.91 Å². The van der Waals surface area contributed by atoms with Crippen molar-refractivity contribution in [2.24, 2.45) is 0 Å². The van der Waals surface area contributed by atoms with Gasteiger partial charge in [-0.2, -0.15) is 0 Å². The van der Waals surface area contributed by atoms with Gasteiger partial charge in [-0.1, -0.05) is 30.3 Å². The Labute approximate surface area is 157 Å². The van der Waals surface area contributed by atoms with Crippen LogP contribution < -0.4 is 10.2 Å². The molecule has 0 spiro atoms. The highest BCUT2D eigenvalue weighted by Gasteiger charge is 2.24. The minimum atomic E-state index is -0.986. The average molecular weight is 366 g/mol. The number of carbonyl (C=O) groups is 3. The topological polar surface area (TPSA) is 86.7 Å². The number of rotatable bonds is 6. The van der Waals surface area contributed by atoms with Crippen molar-refractivity contribution >= 4 is 23.5 Å². The molecule has 27 heavy (non-hydrogen) atoms. The molecule has 0 aromatic heterocycles. The monoisotopic (exact) mass is 366 g/mol. The van der Waals surface area contributed by atoms with Crippen molar-refractivity contribution in [3.05, 3.63) is 65.2 Å². The number of nitrogens with zero attached hydrogens (tertiary/aromatic N) is 1. The Morgan fingerprint density at radius 1 is 1.19 bits per heavy atom. The molecule has 0 aliphatic carbocycles. The largest absolute Gasteiger partial charge is 0.481 e. The third-order valence-corrected chi connectivity index (χ3v) is 4.74. The van der Waals surface area contributed by atoms with E-state index in [0.717, 1.165) is 17.5 Å². The second-order valence-electron chi connectivity index (χ2n) is 6.68. The van der Waals surface area contributed by atoms with Crippen LogP contribution in [0.1, 0.15) is 46.8 Å². The van der Waals surface area contributed by atoms with Crippen LogP contribution in [0.5, 0.6) is 0 Å². The molecule has 2 aromatic carbocycles. The maximum absolute atomic E-state index is 12.8. The molecular weight excluding hydrogens is 344 g/mol. The first kappa shape index (κ1) is 18.6.